The number of nitrogens with zero attached hydrogens (tertiary/aromatic N) is 4. The third kappa shape index (κ3) is 7.81. The lowest BCUT2D eigenvalue weighted by molar-refractivity contribution is -0.119. The average molecular weight is 713 g/mol. The number of nitrogens with one attached hydrogen (secondary N) is 2. The summed E-state index contributed by atoms with van der Waals surface area (Å²) in [7, 11) is 0. The summed E-state index contributed by atoms with van der Waals surface area (Å²) in [5.74, 6) is 0.708. The van der Waals surface area contributed by atoms with Crippen LogP contribution in [0.2, 0.25) is 0 Å². The summed E-state index contributed by atoms with van der Waals surface area (Å²) in [6.45, 7) is 1.86. The fourth-order valence-electron chi connectivity index (χ4n) is 5.41. The molecule has 2 aromatic heterocycles. The summed E-state index contributed by atoms with van der Waals surface area (Å²) in [6, 6.07) is 45.1. The minimum absolute atomic E-state index is 0.0783. The predicted octanol–water partition coefficient (Wildman–Crippen LogP) is 8.66. The number of carbonyl (C=O) groups excluding carboxylic acids is 2. The smallest absolute Gasteiger partial charge is 0.237 e. The molecule has 8 nitrogen and oxygen atoms in total. The van der Waals surface area contributed by atoms with Gasteiger partial charge in [-0.3, -0.25) is 14.2 Å². The van der Waals surface area contributed by atoms with Gasteiger partial charge in [0, 0.05) is 16.9 Å². The zero-order valence-corrected chi connectivity index (χ0v) is 29.4. The van der Waals surface area contributed by atoms with Gasteiger partial charge >= 0.3 is 0 Å². The summed E-state index contributed by atoms with van der Waals surface area (Å²) in [5.41, 5.74) is 5.39. The van der Waals surface area contributed by atoms with Gasteiger partial charge in [-0.2, -0.15) is 0 Å². The number of hydrogen-bond donors (Lipinski definition) is 2. The number of carbonyl (C=O) groups is 2. The van der Waals surface area contributed by atoms with E-state index in [4.69, 9.17) is 4.98 Å². The van der Waals surface area contributed by atoms with Crippen molar-refractivity contribution >= 4 is 62.6 Å². The number of thiazole rings is 1. The van der Waals surface area contributed by atoms with E-state index in [-0.39, 0.29) is 23.6 Å². The van der Waals surface area contributed by atoms with E-state index in [1.54, 1.807) is 0 Å². The van der Waals surface area contributed by atoms with Crippen molar-refractivity contribution in [2.24, 2.45) is 0 Å². The van der Waals surface area contributed by atoms with E-state index in [2.05, 4.69) is 20.8 Å². The molecule has 11 heteroatoms. The molecule has 5 aromatic carbocycles. The maximum absolute atomic E-state index is 13.4. The summed E-state index contributed by atoms with van der Waals surface area (Å²) in [4.78, 5) is 31.2. The van der Waals surface area contributed by atoms with Crippen LogP contribution >= 0.6 is 34.9 Å². The fraction of sp³-hybridized carbons (Fsp3) is 0.103. The van der Waals surface area contributed by atoms with Crippen LogP contribution in [-0.4, -0.2) is 42.6 Å². The zero-order valence-electron chi connectivity index (χ0n) is 27.0. The van der Waals surface area contributed by atoms with Gasteiger partial charge in [0.15, 0.2) is 15.3 Å². The van der Waals surface area contributed by atoms with Crippen LogP contribution in [0.15, 0.2) is 149 Å². The molecule has 0 saturated heterocycles. The van der Waals surface area contributed by atoms with Gasteiger partial charge in [0.1, 0.15) is 0 Å². The number of fused-ring (bicyclic) bond motifs is 1. The van der Waals surface area contributed by atoms with E-state index >= 15 is 0 Å². The quantitative estimate of drug-likeness (QED) is 0.122. The minimum atomic E-state index is -0.456. The van der Waals surface area contributed by atoms with Crippen LogP contribution in [-0.2, 0) is 9.59 Å². The highest BCUT2D eigenvalue weighted by molar-refractivity contribution is 8.01. The summed E-state index contributed by atoms with van der Waals surface area (Å²) < 4.78 is 3.69. The van der Waals surface area contributed by atoms with Crippen molar-refractivity contribution in [2.75, 3.05) is 11.1 Å². The third-order valence-electron chi connectivity index (χ3n) is 7.87. The maximum Gasteiger partial charge on any atom is 0.237 e. The van der Waals surface area contributed by atoms with Crippen LogP contribution in [0.25, 0.3) is 27.3 Å². The number of thioether (sulfide) groups is 2. The monoisotopic (exact) mass is 712 g/mol. The minimum Gasteiger partial charge on any atom is -0.344 e. The molecule has 0 spiro atoms. The first-order valence-corrected chi connectivity index (χ1v) is 18.7. The average Bonchev–Trinajstić information content (AvgIpc) is 3.78. The molecular formula is C39H32N6O2S3. The molecule has 0 aliphatic heterocycles. The Bertz CT molecular complexity index is 2170. The van der Waals surface area contributed by atoms with Crippen molar-refractivity contribution in [1.29, 1.82) is 0 Å². The predicted molar refractivity (Wildman–Crippen MR) is 204 cm³/mol. The summed E-state index contributed by atoms with van der Waals surface area (Å²) >= 11 is 4.25. The van der Waals surface area contributed by atoms with E-state index in [0.717, 1.165) is 36.9 Å². The lowest BCUT2D eigenvalue weighted by atomic mass is 9.99. The van der Waals surface area contributed by atoms with Gasteiger partial charge in [0.25, 0.3) is 0 Å². The molecular weight excluding hydrogens is 681 g/mol. The normalized spacial score (nSPS) is 11.8. The molecule has 0 saturated carbocycles. The molecule has 248 valence electrons. The molecule has 0 fully saturated rings. The van der Waals surface area contributed by atoms with Gasteiger partial charge in [0.05, 0.1) is 27.3 Å². The molecule has 0 radical (unpaired) electrons. The number of anilines is 1. The lowest BCUT2D eigenvalue weighted by Gasteiger charge is -2.19. The van der Waals surface area contributed by atoms with Crippen LogP contribution in [0.3, 0.4) is 0 Å². The first kappa shape index (κ1) is 33.3. The first-order valence-electron chi connectivity index (χ1n) is 16.0. The fourth-order valence-corrected chi connectivity index (χ4v) is 8.20. The van der Waals surface area contributed by atoms with E-state index in [9.17, 15) is 9.59 Å². The van der Waals surface area contributed by atoms with Crippen LogP contribution in [0.4, 0.5) is 5.69 Å². The molecule has 2 N–H and O–H groups in total. The number of para-hydroxylation sites is 1. The highest BCUT2D eigenvalue weighted by Crippen LogP contribution is 2.33. The van der Waals surface area contributed by atoms with Crippen LogP contribution < -0.4 is 10.6 Å². The molecule has 0 aliphatic carbocycles. The molecule has 7 aromatic rings. The van der Waals surface area contributed by atoms with Gasteiger partial charge in [-0.05, 0) is 48.4 Å². The standard InChI is InChI=1S/C39H32N6O2S3/c1-26(49-38-44-43-36(29-18-10-4-11-19-29)45(38)31-20-12-5-13-21-31)37(47)40-30-22-23-32-33(24-30)50-39(41-32)48-25-34(46)42-35(27-14-6-2-7-15-27)28-16-8-3-9-17-28/h2-24,26,35H,25H2,1H3,(H,40,47)(H,42,46)/t26-/m1/s1. The van der Waals surface area contributed by atoms with E-state index in [1.165, 1.54) is 34.9 Å². The molecule has 50 heavy (non-hydrogen) atoms. The second kappa shape index (κ2) is 15.5. The van der Waals surface area contributed by atoms with E-state index < -0.39 is 5.25 Å². The van der Waals surface area contributed by atoms with Crippen LogP contribution in [0, 0.1) is 0 Å². The van der Waals surface area contributed by atoms with Crippen LogP contribution in [0.1, 0.15) is 24.1 Å². The van der Waals surface area contributed by atoms with Gasteiger partial charge in [-0.25, -0.2) is 4.98 Å². The molecule has 1 atom stereocenters. The summed E-state index contributed by atoms with van der Waals surface area (Å²) in [5, 5.41) is 15.4. The van der Waals surface area contributed by atoms with Crippen molar-refractivity contribution in [2.45, 2.75) is 27.7 Å². The van der Waals surface area contributed by atoms with Gasteiger partial charge in [-0.1, -0.05) is 133 Å². The number of rotatable bonds is 12. The van der Waals surface area contributed by atoms with E-state index in [0.29, 0.717) is 16.7 Å². The largest absolute Gasteiger partial charge is 0.344 e. The summed E-state index contributed by atoms with van der Waals surface area (Å²) in [6.07, 6.45) is 0. The van der Waals surface area contributed by atoms with Crippen molar-refractivity contribution in [1.82, 2.24) is 25.1 Å². The molecule has 0 unspecified atom stereocenters. The maximum atomic E-state index is 13.4. The van der Waals surface area contributed by atoms with Crippen molar-refractivity contribution in [3.8, 4) is 17.1 Å². The molecule has 2 amide bonds. The molecule has 0 bridgehead atoms. The Kier molecular flexibility index (Phi) is 10.3. The Labute approximate surface area is 302 Å². The molecule has 0 aliphatic rings. The van der Waals surface area contributed by atoms with Crippen LogP contribution in [0.5, 0.6) is 0 Å². The lowest BCUT2D eigenvalue weighted by Crippen LogP contribution is -2.30. The number of hydrogen-bond acceptors (Lipinski definition) is 8. The molecule has 2 heterocycles. The van der Waals surface area contributed by atoms with Gasteiger partial charge in [-0.15, -0.1) is 21.5 Å². The van der Waals surface area contributed by atoms with Gasteiger partial charge < -0.3 is 10.6 Å². The molecule has 7 rings (SSSR count). The Balaban J connectivity index is 1.000. The van der Waals surface area contributed by atoms with Crippen molar-refractivity contribution < 1.29 is 9.59 Å². The highest BCUT2D eigenvalue weighted by Gasteiger charge is 2.23. The number of amides is 2. The van der Waals surface area contributed by atoms with Crippen molar-refractivity contribution in [3.05, 3.63) is 151 Å². The van der Waals surface area contributed by atoms with Gasteiger partial charge in [0.2, 0.25) is 11.8 Å². The zero-order chi connectivity index (χ0) is 34.3. The SMILES string of the molecule is C[C@@H](Sc1nnc(-c2ccccc2)n1-c1ccccc1)C(=O)Nc1ccc2nc(SCC(=O)NC(c3ccccc3)c3ccccc3)sc2c1. The second-order valence-electron chi connectivity index (χ2n) is 11.4. The third-order valence-corrected chi connectivity index (χ3v) is 11.1. The Hall–Kier alpha value is -5.23. The Morgan fingerprint density at radius 3 is 2.06 bits per heavy atom. The first-order chi connectivity index (χ1) is 24.5. The second-order valence-corrected chi connectivity index (χ2v) is 14.9. The van der Waals surface area contributed by atoms with Crippen molar-refractivity contribution in [3.63, 3.8) is 0 Å². The topological polar surface area (TPSA) is 102 Å². The van der Waals surface area contributed by atoms with E-state index in [1.807, 2.05) is 151 Å². The number of aromatic nitrogens is 4. The Morgan fingerprint density at radius 2 is 1.40 bits per heavy atom. The Morgan fingerprint density at radius 1 is 0.780 bits per heavy atom. The highest BCUT2D eigenvalue weighted by atomic mass is 32.2. The number of benzene rings is 5.